The molecule has 0 unspecified atom stereocenters. The molecule has 0 fully saturated rings. The molecule has 0 saturated carbocycles. The third kappa shape index (κ3) is 3.46. The summed E-state index contributed by atoms with van der Waals surface area (Å²) in [4.78, 5) is 10.8. The second kappa shape index (κ2) is 6.33. The van der Waals surface area contributed by atoms with Crippen LogP contribution in [0, 0.1) is 13.8 Å². The number of amides is 1. The van der Waals surface area contributed by atoms with Gasteiger partial charge in [0, 0.05) is 29.6 Å². The Hall–Kier alpha value is -1.78. The maximum atomic E-state index is 10.8. The number of halogens is 2. The van der Waals surface area contributed by atoms with Crippen molar-refractivity contribution in [2.75, 3.05) is 0 Å². The Morgan fingerprint density at radius 2 is 1.95 bits per heavy atom. The Morgan fingerprint density at radius 3 is 2.57 bits per heavy atom. The largest absolute Gasteiger partial charge is 0.318 e. The van der Waals surface area contributed by atoms with E-state index in [-0.39, 0.29) is 5.91 Å². The number of rotatable bonds is 3. The molecular formula is C15H15Cl2N3O. The standard InChI is InChI=1S/C15H15Cl2N3O/c1-9-6-12(8-18-19-11(3)21)10(2)20(9)13-4-5-14(16)15(17)7-13/h4-8H,1-3H3,(H,19,21)/b18-8-. The van der Waals surface area contributed by atoms with E-state index in [1.165, 1.54) is 6.92 Å². The van der Waals surface area contributed by atoms with E-state index in [0.717, 1.165) is 22.6 Å². The van der Waals surface area contributed by atoms with Crippen LogP contribution in [0.2, 0.25) is 10.0 Å². The predicted octanol–water partition coefficient (Wildman–Crippen LogP) is 3.87. The molecule has 1 amide bonds. The number of hydrogen-bond acceptors (Lipinski definition) is 2. The molecule has 0 atom stereocenters. The van der Waals surface area contributed by atoms with E-state index in [4.69, 9.17) is 23.2 Å². The summed E-state index contributed by atoms with van der Waals surface area (Å²) in [5.41, 5.74) is 6.28. The van der Waals surface area contributed by atoms with Crippen molar-refractivity contribution >= 4 is 35.3 Å². The molecule has 1 aromatic carbocycles. The molecule has 0 aliphatic carbocycles. The van der Waals surface area contributed by atoms with Gasteiger partial charge >= 0.3 is 0 Å². The van der Waals surface area contributed by atoms with Crippen LogP contribution in [0.1, 0.15) is 23.9 Å². The van der Waals surface area contributed by atoms with Crippen molar-refractivity contribution in [1.29, 1.82) is 0 Å². The lowest BCUT2D eigenvalue weighted by Crippen LogP contribution is -2.12. The number of carbonyl (C=O) groups is 1. The molecule has 4 nitrogen and oxygen atoms in total. The van der Waals surface area contributed by atoms with Gasteiger partial charge in [0.25, 0.3) is 0 Å². The van der Waals surface area contributed by atoms with Crippen LogP contribution in [-0.4, -0.2) is 16.7 Å². The molecule has 2 rings (SSSR count). The number of aryl methyl sites for hydroxylation is 1. The first kappa shape index (κ1) is 15.6. The van der Waals surface area contributed by atoms with Gasteiger partial charge in [-0.2, -0.15) is 5.10 Å². The quantitative estimate of drug-likeness (QED) is 0.676. The molecule has 110 valence electrons. The summed E-state index contributed by atoms with van der Waals surface area (Å²) in [6.07, 6.45) is 1.62. The molecule has 21 heavy (non-hydrogen) atoms. The molecule has 6 heteroatoms. The van der Waals surface area contributed by atoms with Crippen LogP contribution in [-0.2, 0) is 4.79 Å². The van der Waals surface area contributed by atoms with Crippen molar-refractivity contribution in [3.8, 4) is 5.69 Å². The zero-order valence-corrected chi connectivity index (χ0v) is 13.5. The minimum Gasteiger partial charge on any atom is -0.318 e. The van der Waals surface area contributed by atoms with Crippen LogP contribution in [0.25, 0.3) is 5.69 Å². The van der Waals surface area contributed by atoms with Gasteiger partial charge < -0.3 is 4.57 Å². The lowest BCUT2D eigenvalue weighted by Gasteiger charge is -2.10. The Morgan fingerprint density at radius 1 is 1.24 bits per heavy atom. The topological polar surface area (TPSA) is 46.4 Å². The molecule has 0 radical (unpaired) electrons. The minimum absolute atomic E-state index is 0.204. The number of hydrogen-bond donors (Lipinski definition) is 1. The molecular weight excluding hydrogens is 309 g/mol. The van der Waals surface area contributed by atoms with E-state index in [1.807, 2.05) is 32.0 Å². The Labute approximate surface area is 133 Å². The Balaban J connectivity index is 2.41. The summed E-state index contributed by atoms with van der Waals surface area (Å²) in [6, 6.07) is 7.48. The van der Waals surface area contributed by atoms with Crippen LogP contribution in [0.4, 0.5) is 0 Å². The molecule has 1 N–H and O–H groups in total. The summed E-state index contributed by atoms with van der Waals surface area (Å²) >= 11 is 12.0. The summed E-state index contributed by atoms with van der Waals surface area (Å²) in [7, 11) is 0. The molecule has 0 bridgehead atoms. The van der Waals surface area contributed by atoms with Crippen molar-refractivity contribution in [1.82, 2.24) is 9.99 Å². The molecule has 1 heterocycles. The third-order valence-corrected chi connectivity index (χ3v) is 3.80. The van der Waals surface area contributed by atoms with E-state index in [9.17, 15) is 4.79 Å². The first-order chi connectivity index (χ1) is 9.90. The molecule has 2 aromatic rings. The van der Waals surface area contributed by atoms with Gasteiger partial charge in [0.05, 0.1) is 16.3 Å². The van der Waals surface area contributed by atoms with Gasteiger partial charge in [-0.25, -0.2) is 5.43 Å². The number of nitrogens with zero attached hydrogens (tertiary/aromatic N) is 2. The van der Waals surface area contributed by atoms with Gasteiger partial charge in [-0.15, -0.1) is 0 Å². The smallest absolute Gasteiger partial charge is 0.236 e. The van der Waals surface area contributed by atoms with Crippen LogP contribution >= 0.6 is 23.2 Å². The van der Waals surface area contributed by atoms with E-state index < -0.39 is 0 Å². The molecule has 1 aromatic heterocycles. The lowest BCUT2D eigenvalue weighted by atomic mass is 10.2. The van der Waals surface area contributed by atoms with E-state index in [2.05, 4.69) is 15.1 Å². The fourth-order valence-electron chi connectivity index (χ4n) is 2.13. The summed E-state index contributed by atoms with van der Waals surface area (Å²) in [5.74, 6) is -0.204. The van der Waals surface area contributed by atoms with Gasteiger partial charge in [-0.05, 0) is 38.1 Å². The second-order valence-corrected chi connectivity index (χ2v) is 5.50. The average molecular weight is 324 g/mol. The van der Waals surface area contributed by atoms with Crippen molar-refractivity contribution in [3.63, 3.8) is 0 Å². The van der Waals surface area contributed by atoms with Gasteiger partial charge in [-0.1, -0.05) is 23.2 Å². The first-order valence-corrected chi connectivity index (χ1v) is 7.09. The second-order valence-electron chi connectivity index (χ2n) is 4.69. The van der Waals surface area contributed by atoms with Crippen molar-refractivity contribution in [3.05, 3.63) is 51.3 Å². The van der Waals surface area contributed by atoms with E-state index in [0.29, 0.717) is 10.0 Å². The fourth-order valence-corrected chi connectivity index (χ4v) is 2.42. The van der Waals surface area contributed by atoms with Crippen LogP contribution in [0.3, 0.4) is 0 Å². The minimum atomic E-state index is -0.204. The van der Waals surface area contributed by atoms with Crippen molar-refractivity contribution < 1.29 is 4.79 Å². The average Bonchev–Trinajstić information content (AvgIpc) is 2.68. The van der Waals surface area contributed by atoms with Crippen molar-refractivity contribution in [2.45, 2.75) is 20.8 Å². The van der Waals surface area contributed by atoms with Gasteiger partial charge in [0.1, 0.15) is 0 Å². The molecule has 0 saturated heterocycles. The maximum Gasteiger partial charge on any atom is 0.236 e. The van der Waals surface area contributed by atoms with E-state index in [1.54, 1.807) is 12.3 Å². The zero-order valence-electron chi connectivity index (χ0n) is 11.9. The maximum absolute atomic E-state index is 10.8. The van der Waals surface area contributed by atoms with Gasteiger partial charge in [0.2, 0.25) is 5.91 Å². The number of carbonyl (C=O) groups excluding carboxylic acids is 1. The summed E-state index contributed by atoms with van der Waals surface area (Å²) < 4.78 is 2.05. The van der Waals surface area contributed by atoms with Crippen LogP contribution in [0.5, 0.6) is 0 Å². The highest BCUT2D eigenvalue weighted by atomic mass is 35.5. The first-order valence-electron chi connectivity index (χ1n) is 6.34. The third-order valence-electron chi connectivity index (χ3n) is 3.06. The van der Waals surface area contributed by atoms with Crippen molar-refractivity contribution in [2.24, 2.45) is 5.10 Å². The highest BCUT2D eigenvalue weighted by Gasteiger charge is 2.10. The number of hydrazone groups is 1. The molecule has 0 aliphatic heterocycles. The van der Waals surface area contributed by atoms with Crippen LogP contribution < -0.4 is 5.43 Å². The normalized spacial score (nSPS) is 11.1. The van der Waals surface area contributed by atoms with E-state index >= 15 is 0 Å². The summed E-state index contributed by atoms with van der Waals surface area (Å²) in [5, 5.41) is 4.93. The zero-order chi connectivity index (χ0) is 15.6. The molecule has 0 aliphatic rings. The van der Waals surface area contributed by atoms with Gasteiger partial charge in [-0.3, -0.25) is 4.79 Å². The van der Waals surface area contributed by atoms with Gasteiger partial charge in [0.15, 0.2) is 0 Å². The SMILES string of the molecule is CC(=O)N/N=C\c1cc(C)n(-c2ccc(Cl)c(Cl)c2)c1C. The Bertz CT molecular complexity index is 720. The highest BCUT2D eigenvalue weighted by molar-refractivity contribution is 6.42. The monoisotopic (exact) mass is 323 g/mol. The lowest BCUT2D eigenvalue weighted by molar-refractivity contribution is -0.118. The fraction of sp³-hybridized carbons (Fsp3) is 0.200. The molecule has 0 spiro atoms. The Kier molecular flexibility index (Phi) is 4.70. The summed E-state index contributed by atoms with van der Waals surface area (Å²) in [6.45, 7) is 5.38. The van der Waals surface area contributed by atoms with Crippen LogP contribution in [0.15, 0.2) is 29.4 Å². The predicted molar refractivity (Wildman–Crippen MR) is 86.7 cm³/mol. The number of benzene rings is 1. The highest BCUT2D eigenvalue weighted by Crippen LogP contribution is 2.27. The number of nitrogens with one attached hydrogen (secondary N) is 1. The number of aromatic nitrogens is 1.